The topological polar surface area (TPSA) is 62.9 Å². The number of anilines is 1. The van der Waals surface area contributed by atoms with Gasteiger partial charge in [0.2, 0.25) is 0 Å². The van der Waals surface area contributed by atoms with Crippen LogP contribution in [0.4, 0.5) is 5.69 Å². The van der Waals surface area contributed by atoms with E-state index in [1.807, 2.05) is 24.3 Å². The summed E-state index contributed by atoms with van der Waals surface area (Å²) in [4.78, 5) is 6.86. The van der Waals surface area contributed by atoms with Crippen LogP contribution < -0.4 is 15.8 Å². The Hall–Kier alpha value is -1.75. The molecule has 0 saturated heterocycles. The van der Waals surface area contributed by atoms with Crippen molar-refractivity contribution < 1.29 is 4.74 Å². The number of aliphatic imine (C=N–C) groups is 1. The summed E-state index contributed by atoms with van der Waals surface area (Å²) in [7, 11) is 5.93. The molecule has 0 aliphatic heterocycles. The average molecular weight is 318 g/mol. The van der Waals surface area contributed by atoms with Crippen LogP contribution in [0.15, 0.2) is 29.3 Å². The number of hydrogen-bond acceptors (Lipinski definition) is 3. The third-order valence-electron chi connectivity index (χ3n) is 4.65. The lowest BCUT2D eigenvalue weighted by Crippen LogP contribution is -2.39. The van der Waals surface area contributed by atoms with Crippen molar-refractivity contribution in [2.24, 2.45) is 16.6 Å². The van der Waals surface area contributed by atoms with E-state index < -0.39 is 0 Å². The summed E-state index contributed by atoms with van der Waals surface area (Å²) in [6.45, 7) is 0.737. The standard InChI is InChI=1S/C18H30N4O/c1-22(2)17(14-8-5-4-6-9-14)13-20-18(19)21-15-10-7-11-16(12-15)23-3/h7,10-12,14,17H,4-6,8-9,13H2,1-3H3,(H3,19,20,21). The quantitative estimate of drug-likeness (QED) is 0.625. The van der Waals surface area contributed by atoms with Crippen molar-refractivity contribution in [3.8, 4) is 5.75 Å². The maximum Gasteiger partial charge on any atom is 0.193 e. The largest absolute Gasteiger partial charge is 0.497 e. The number of nitrogens with zero attached hydrogens (tertiary/aromatic N) is 2. The van der Waals surface area contributed by atoms with Gasteiger partial charge in [-0.3, -0.25) is 4.99 Å². The molecule has 1 atom stereocenters. The van der Waals surface area contributed by atoms with Gasteiger partial charge in [0.1, 0.15) is 5.75 Å². The molecule has 0 spiro atoms. The van der Waals surface area contributed by atoms with Gasteiger partial charge in [-0.05, 0) is 45.0 Å². The van der Waals surface area contributed by atoms with Crippen LogP contribution in [0.25, 0.3) is 0 Å². The van der Waals surface area contributed by atoms with Gasteiger partial charge in [-0.25, -0.2) is 0 Å². The zero-order valence-corrected chi connectivity index (χ0v) is 14.6. The second kappa shape index (κ2) is 8.77. The van der Waals surface area contributed by atoms with Crippen LogP contribution in [0, 0.1) is 5.92 Å². The predicted octanol–water partition coefficient (Wildman–Crippen LogP) is 2.93. The molecule has 1 unspecified atom stereocenters. The van der Waals surface area contributed by atoms with E-state index in [0.717, 1.165) is 23.9 Å². The van der Waals surface area contributed by atoms with Crippen LogP contribution >= 0.6 is 0 Å². The SMILES string of the molecule is COc1cccc(NC(N)=NCC(C2CCCCC2)N(C)C)c1. The molecule has 0 amide bonds. The molecule has 1 aliphatic rings. The smallest absolute Gasteiger partial charge is 0.193 e. The van der Waals surface area contributed by atoms with E-state index in [2.05, 4.69) is 29.3 Å². The first-order chi connectivity index (χ1) is 11.1. The maximum atomic E-state index is 6.05. The Morgan fingerprint density at radius 3 is 2.74 bits per heavy atom. The summed E-state index contributed by atoms with van der Waals surface area (Å²) in [5.74, 6) is 1.99. The van der Waals surface area contributed by atoms with Crippen LogP contribution in [-0.2, 0) is 0 Å². The van der Waals surface area contributed by atoms with Gasteiger partial charge < -0.3 is 20.7 Å². The lowest BCUT2D eigenvalue weighted by molar-refractivity contribution is 0.176. The molecule has 23 heavy (non-hydrogen) atoms. The Kier molecular flexibility index (Phi) is 6.71. The number of methoxy groups -OCH3 is 1. The first-order valence-corrected chi connectivity index (χ1v) is 8.47. The van der Waals surface area contributed by atoms with Gasteiger partial charge in [0.15, 0.2) is 5.96 Å². The number of rotatable bonds is 6. The molecule has 0 radical (unpaired) electrons. The molecule has 1 aromatic carbocycles. The fourth-order valence-electron chi connectivity index (χ4n) is 3.33. The van der Waals surface area contributed by atoms with Gasteiger partial charge in [0.25, 0.3) is 0 Å². The first-order valence-electron chi connectivity index (χ1n) is 8.47. The summed E-state index contributed by atoms with van der Waals surface area (Å²) in [6.07, 6.45) is 6.68. The van der Waals surface area contributed by atoms with Crippen LogP contribution in [0.2, 0.25) is 0 Å². The summed E-state index contributed by atoms with van der Waals surface area (Å²) in [6, 6.07) is 8.16. The Morgan fingerprint density at radius 1 is 1.35 bits per heavy atom. The highest BCUT2D eigenvalue weighted by Gasteiger charge is 2.24. The highest BCUT2D eigenvalue weighted by Crippen LogP contribution is 2.28. The molecule has 1 fully saturated rings. The first kappa shape index (κ1) is 17.6. The number of benzene rings is 1. The fraction of sp³-hybridized carbons (Fsp3) is 0.611. The second-order valence-electron chi connectivity index (χ2n) is 6.51. The molecule has 0 bridgehead atoms. The van der Waals surface area contributed by atoms with Gasteiger partial charge in [0, 0.05) is 17.8 Å². The third-order valence-corrected chi connectivity index (χ3v) is 4.65. The molecule has 128 valence electrons. The van der Waals surface area contributed by atoms with Crippen LogP contribution in [-0.4, -0.2) is 44.7 Å². The number of guanidine groups is 1. The highest BCUT2D eigenvalue weighted by molar-refractivity contribution is 5.92. The molecule has 5 heteroatoms. The minimum Gasteiger partial charge on any atom is -0.497 e. The highest BCUT2D eigenvalue weighted by atomic mass is 16.5. The molecule has 0 aromatic heterocycles. The van der Waals surface area contributed by atoms with Crippen LogP contribution in [0.5, 0.6) is 5.75 Å². The molecular weight excluding hydrogens is 288 g/mol. The van der Waals surface area contributed by atoms with Gasteiger partial charge in [-0.1, -0.05) is 25.3 Å². The number of nitrogens with two attached hydrogens (primary N) is 1. The van der Waals surface area contributed by atoms with Crippen LogP contribution in [0.3, 0.4) is 0 Å². The molecule has 3 N–H and O–H groups in total. The van der Waals surface area contributed by atoms with E-state index in [4.69, 9.17) is 10.5 Å². The molecule has 1 saturated carbocycles. The van der Waals surface area contributed by atoms with E-state index in [0.29, 0.717) is 12.0 Å². The molecule has 2 rings (SSSR count). The second-order valence-corrected chi connectivity index (χ2v) is 6.51. The number of nitrogens with one attached hydrogen (secondary N) is 1. The number of likely N-dealkylation sites (N-methyl/N-ethyl adjacent to an activating group) is 1. The summed E-state index contributed by atoms with van der Waals surface area (Å²) in [5, 5.41) is 3.14. The van der Waals surface area contributed by atoms with Crippen molar-refractivity contribution in [2.75, 3.05) is 33.1 Å². The predicted molar refractivity (Wildman–Crippen MR) is 97.2 cm³/mol. The van der Waals surface area contributed by atoms with Gasteiger partial charge >= 0.3 is 0 Å². The minimum atomic E-state index is 0.459. The Labute approximate surface area is 139 Å². The van der Waals surface area contributed by atoms with Crippen molar-refractivity contribution in [1.82, 2.24) is 4.90 Å². The molecule has 5 nitrogen and oxygen atoms in total. The van der Waals surface area contributed by atoms with Crippen LogP contribution in [0.1, 0.15) is 32.1 Å². The van der Waals surface area contributed by atoms with Crippen molar-refractivity contribution in [2.45, 2.75) is 38.1 Å². The zero-order chi connectivity index (χ0) is 16.7. The van der Waals surface area contributed by atoms with E-state index >= 15 is 0 Å². The molecule has 1 aromatic rings. The molecule has 1 aliphatic carbocycles. The van der Waals surface area contributed by atoms with E-state index in [1.165, 1.54) is 32.1 Å². The monoisotopic (exact) mass is 318 g/mol. The Balaban J connectivity index is 1.95. The van der Waals surface area contributed by atoms with E-state index in [1.54, 1.807) is 7.11 Å². The van der Waals surface area contributed by atoms with Gasteiger partial charge in [-0.2, -0.15) is 0 Å². The van der Waals surface area contributed by atoms with Crippen molar-refractivity contribution in [1.29, 1.82) is 0 Å². The lowest BCUT2D eigenvalue weighted by Gasteiger charge is -2.33. The van der Waals surface area contributed by atoms with E-state index in [-0.39, 0.29) is 0 Å². The average Bonchev–Trinajstić information content (AvgIpc) is 2.56. The van der Waals surface area contributed by atoms with Crippen molar-refractivity contribution in [3.63, 3.8) is 0 Å². The van der Waals surface area contributed by atoms with Gasteiger partial charge in [-0.15, -0.1) is 0 Å². The minimum absolute atomic E-state index is 0.459. The Bertz CT molecular complexity index is 509. The van der Waals surface area contributed by atoms with Crippen molar-refractivity contribution in [3.05, 3.63) is 24.3 Å². The third kappa shape index (κ3) is 5.43. The lowest BCUT2D eigenvalue weighted by atomic mass is 9.83. The number of hydrogen-bond donors (Lipinski definition) is 2. The van der Waals surface area contributed by atoms with Gasteiger partial charge in [0.05, 0.1) is 13.7 Å². The zero-order valence-electron chi connectivity index (χ0n) is 14.6. The summed E-state index contributed by atoms with van der Waals surface area (Å²) in [5.41, 5.74) is 6.95. The molecular formula is C18H30N4O. The normalized spacial score (nSPS) is 18.0. The molecule has 0 heterocycles. The fourth-order valence-corrected chi connectivity index (χ4v) is 3.33. The van der Waals surface area contributed by atoms with E-state index in [9.17, 15) is 0 Å². The number of ether oxygens (including phenoxy) is 1. The summed E-state index contributed by atoms with van der Waals surface area (Å²) >= 11 is 0. The maximum absolute atomic E-state index is 6.05. The van der Waals surface area contributed by atoms with Crippen molar-refractivity contribution >= 4 is 11.6 Å². The summed E-state index contributed by atoms with van der Waals surface area (Å²) < 4.78 is 5.22. The Morgan fingerprint density at radius 2 is 2.09 bits per heavy atom.